The van der Waals surface area contributed by atoms with E-state index in [-0.39, 0.29) is 42.8 Å². The lowest BCUT2D eigenvalue weighted by molar-refractivity contribution is 0.103. The highest BCUT2D eigenvalue weighted by molar-refractivity contribution is 7.57. The van der Waals surface area contributed by atoms with Crippen LogP contribution in [0.2, 0.25) is 0 Å². The topological polar surface area (TPSA) is 74.6 Å². The SMILES string of the molecule is C=CCc1c(O)c(C(=O)P=C)cc(C(=O)c2ccccc2)c1O. The summed E-state index contributed by atoms with van der Waals surface area (Å²) in [5, 5.41) is 20.6. The third-order valence-corrected chi connectivity index (χ3v) is 3.90. The van der Waals surface area contributed by atoms with Gasteiger partial charge in [-0.15, -0.1) is 6.58 Å². The molecule has 0 aliphatic carbocycles. The van der Waals surface area contributed by atoms with Crippen molar-refractivity contribution in [2.24, 2.45) is 0 Å². The number of ketones is 1. The molecule has 0 aromatic heterocycles. The fraction of sp³-hybridized carbons (Fsp3) is 0.0556. The van der Waals surface area contributed by atoms with E-state index < -0.39 is 11.3 Å². The Morgan fingerprint density at radius 2 is 1.70 bits per heavy atom. The second kappa shape index (κ2) is 7.03. The zero-order valence-electron chi connectivity index (χ0n) is 12.3. The van der Waals surface area contributed by atoms with Crippen LogP contribution in [0.5, 0.6) is 11.5 Å². The summed E-state index contributed by atoms with van der Waals surface area (Å²) in [4.78, 5) is 24.6. The minimum Gasteiger partial charge on any atom is -0.507 e. The van der Waals surface area contributed by atoms with Gasteiger partial charge in [-0.05, 0) is 20.7 Å². The molecule has 0 bridgehead atoms. The van der Waals surface area contributed by atoms with Gasteiger partial charge in [-0.1, -0.05) is 42.7 Å². The number of aromatic hydroxyl groups is 2. The number of carbonyl (C=O) groups excluding carboxylic acids is 2. The van der Waals surface area contributed by atoms with E-state index in [1.807, 2.05) is 0 Å². The van der Waals surface area contributed by atoms with E-state index in [0.717, 1.165) is 0 Å². The molecule has 0 spiro atoms. The lowest BCUT2D eigenvalue weighted by Crippen LogP contribution is -2.06. The average Bonchev–Trinajstić information content (AvgIpc) is 2.58. The minimum atomic E-state index is -0.435. The Labute approximate surface area is 135 Å². The Morgan fingerprint density at radius 1 is 1.09 bits per heavy atom. The highest BCUT2D eigenvalue weighted by atomic mass is 31.1. The number of rotatable bonds is 6. The zero-order valence-corrected chi connectivity index (χ0v) is 13.2. The van der Waals surface area contributed by atoms with Gasteiger partial charge in [-0.25, -0.2) is 0 Å². The first kappa shape index (κ1) is 16.7. The van der Waals surface area contributed by atoms with Gasteiger partial charge in [-0.2, -0.15) is 0 Å². The Hall–Kier alpha value is -2.71. The molecule has 116 valence electrons. The Balaban J connectivity index is 2.70. The fourth-order valence-corrected chi connectivity index (χ4v) is 2.56. The predicted molar refractivity (Wildman–Crippen MR) is 91.9 cm³/mol. The van der Waals surface area contributed by atoms with Gasteiger partial charge in [0.25, 0.3) is 0 Å². The first-order valence-electron chi connectivity index (χ1n) is 6.80. The van der Waals surface area contributed by atoms with Crippen LogP contribution in [-0.4, -0.2) is 27.8 Å². The van der Waals surface area contributed by atoms with E-state index in [4.69, 9.17) is 0 Å². The first-order valence-corrected chi connectivity index (χ1v) is 7.88. The summed E-state index contributed by atoms with van der Waals surface area (Å²) in [7, 11) is 0.181. The van der Waals surface area contributed by atoms with Crippen LogP contribution in [0, 0.1) is 0 Å². The third-order valence-electron chi connectivity index (χ3n) is 3.37. The van der Waals surface area contributed by atoms with Crippen LogP contribution in [0.4, 0.5) is 0 Å². The van der Waals surface area contributed by atoms with Crippen molar-refractivity contribution in [1.82, 2.24) is 0 Å². The molecule has 0 saturated carbocycles. The molecule has 23 heavy (non-hydrogen) atoms. The summed E-state index contributed by atoms with van der Waals surface area (Å²) in [6.45, 7) is 3.56. The maximum Gasteiger partial charge on any atom is 0.214 e. The van der Waals surface area contributed by atoms with E-state index in [9.17, 15) is 19.8 Å². The van der Waals surface area contributed by atoms with Gasteiger partial charge in [0.1, 0.15) is 11.5 Å². The number of phenolic OH excluding ortho intramolecular Hbond substituents is 2. The maximum atomic E-state index is 12.6. The summed E-state index contributed by atoms with van der Waals surface area (Å²) in [6, 6.07) is 9.62. The molecule has 0 amide bonds. The van der Waals surface area contributed by atoms with Gasteiger partial charge in [-0.3, -0.25) is 9.59 Å². The van der Waals surface area contributed by atoms with Crippen molar-refractivity contribution in [2.75, 3.05) is 0 Å². The van der Waals surface area contributed by atoms with Crippen molar-refractivity contribution in [3.63, 3.8) is 0 Å². The van der Waals surface area contributed by atoms with Crippen molar-refractivity contribution >= 4 is 25.8 Å². The third kappa shape index (κ3) is 3.22. The molecule has 0 heterocycles. The lowest BCUT2D eigenvalue weighted by atomic mass is 9.95. The molecule has 0 saturated heterocycles. The second-order valence-corrected chi connectivity index (χ2v) is 5.52. The summed E-state index contributed by atoms with van der Waals surface area (Å²) in [6.07, 6.45) is 5.08. The molecule has 0 aliphatic heterocycles. The largest absolute Gasteiger partial charge is 0.507 e. The number of benzene rings is 2. The number of allylic oxidation sites excluding steroid dienone is 1. The highest BCUT2D eigenvalue weighted by Crippen LogP contribution is 2.37. The molecule has 2 rings (SSSR count). The number of phenols is 2. The van der Waals surface area contributed by atoms with Gasteiger partial charge in [0.2, 0.25) is 5.52 Å². The Morgan fingerprint density at radius 3 is 2.26 bits per heavy atom. The molecule has 0 unspecified atom stereocenters. The quantitative estimate of drug-likeness (QED) is 0.483. The van der Waals surface area contributed by atoms with E-state index in [2.05, 4.69) is 12.9 Å². The summed E-state index contributed by atoms with van der Waals surface area (Å²) in [5.41, 5.74) is -0.0132. The Kier molecular flexibility index (Phi) is 5.09. The zero-order chi connectivity index (χ0) is 17.0. The first-order chi connectivity index (χ1) is 11.0. The van der Waals surface area contributed by atoms with Crippen molar-refractivity contribution in [2.45, 2.75) is 6.42 Å². The highest BCUT2D eigenvalue weighted by Gasteiger charge is 2.23. The molecule has 0 atom stereocenters. The number of carbonyl (C=O) groups is 2. The summed E-state index contributed by atoms with van der Waals surface area (Å²) in [5.74, 6) is -1.11. The van der Waals surface area contributed by atoms with Crippen LogP contribution in [0.1, 0.15) is 31.8 Å². The van der Waals surface area contributed by atoms with Crippen molar-refractivity contribution in [1.29, 1.82) is 0 Å². The lowest BCUT2D eigenvalue weighted by Gasteiger charge is -2.13. The van der Waals surface area contributed by atoms with Gasteiger partial charge in [0.15, 0.2) is 5.78 Å². The predicted octanol–water partition coefficient (Wildman–Crippen LogP) is 3.58. The van der Waals surface area contributed by atoms with Crippen LogP contribution in [0.3, 0.4) is 0 Å². The molecule has 5 heteroatoms. The minimum absolute atomic E-state index is 0.0298. The number of hydrogen-bond donors (Lipinski definition) is 2. The monoisotopic (exact) mass is 326 g/mol. The van der Waals surface area contributed by atoms with E-state index in [0.29, 0.717) is 5.56 Å². The van der Waals surface area contributed by atoms with Crippen LogP contribution >= 0.6 is 8.20 Å². The smallest absolute Gasteiger partial charge is 0.214 e. The molecule has 0 fully saturated rings. The molecular formula is C18H15O4P. The van der Waals surface area contributed by atoms with E-state index >= 15 is 0 Å². The molecule has 4 nitrogen and oxygen atoms in total. The van der Waals surface area contributed by atoms with E-state index in [1.165, 1.54) is 12.1 Å². The fourth-order valence-electron chi connectivity index (χ4n) is 2.22. The van der Waals surface area contributed by atoms with E-state index in [1.54, 1.807) is 30.3 Å². The number of hydrogen-bond acceptors (Lipinski definition) is 4. The van der Waals surface area contributed by atoms with Gasteiger partial charge in [0.05, 0.1) is 11.1 Å². The molecule has 0 aliphatic rings. The van der Waals surface area contributed by atoms with Crippen molar-refractivity contribution in [3.8, 4) is 11.5 Å². The average molecular weight is 326 g/mol. The van der Waals surface area contributed by atoms with Crippen LogP contribution in [-0.2, 0) is 6.42 Å². The molecule has 0 radical (unpaired) electrons. The van der Waals surface area contributed by atoms with Crippen LogP contribution < -0.4 is 0 Å². The maximum absolute atomic E-state index is 12.6. The van der Waals surface area contributed by atoms with Gasteiger partial charge in [0, 0.05) is 11.1 Å². The molecular weight excluding hydrogens is 311 g/mol. The molecule has 2 aromatic carbocycles. The molecule has 2 aromatic rings. The van der Waals surface area contributed by atoms with Crippen molar-refractivity contribution in [3.05, 3.63) is 71.3 Å². The molecule has 2 N–H and O–H groups in total. The van der Waals surface area contributed by atoms with Crippen LogP contribution in [0.25, 0.3) is 0 Å². The second-order valence-electron chi connectivity index (χ2n) is 4.80. The van der Waals surface area contributed by atoms with Gasteiger partial charge < -0.3 is 10.2 Å². The normalized spacial score (nSPS) is 10.4. The summed E-state index contributed by atoms with van der Waals surface area (Å²) < 4.78 is 0. The summed E-state index contributed by atoms with van der Waals surface area (Å²) >= 11 is 0. The van der Waals surface area contributed by atoms with Gasteiger partial charge >= 0.3 is 0 Å². The standard InChI is InChI=1S/C18H15O4P/c1-3-7-12-16(20)13(10-14(17(12)21)18(22)23-2)15(19)11-8-5-4-6-9-11/h3-6,8-10,20-21H,1-2,7H2. The Bertz CT molecular complexity index is 794. The van der Waals surface area contributed by atoms with Crippen molar-refractivity contribution < 1.29 is 19.8 Å². The van der Waals surface area contributed by atoms with Crippen LogP contribution in [0.15, 0.2) is 49.1 Å².